The zero-order chi connectivity index (χ0) is 20.6. The van der Waals surface area contributed by atoms with E-state index < -0.39 is 11.7 Å². The van der Waals surface area contributed by atoms with Crippen molar-refractivity contribution in [3.05, 3.63) is 59.6 Å². The molecule has 1 aromatic carbocycles. The molecular formula is C19H28F3N5O. The quantitative estimate of drug-likeness (QED) is 0.194. The van der Waals surface area contributed by atoms with Gasteiger partial charge in [-0.15, -0.1) is 0 Å². The first-order valence-electron chi connectivity index (χ1n) is 9.07. The smallest absolute Gasteiger partial charge is 0.416 e. The molecule has 9 heteroatoms. The van der Waals surface area contributed by atoms with Crippen molar-refractivity contribution in [3.8, 4) is 0 Å². The van der Waals surface area contributed by atoms with Crippen LogP contribution < -0.4 is 16.2 Å². The van der Waals surface area contributed by atoms with E-state index in [1.807, 2.05) is 0 Å². The number of halogens is 3. The number of hydrogen-bond acceptors (Lipinski definition) is 6. The lowest BCUT2D eigenvalue weighted by Gasteiger charge is -2.35. The van der Waals surface area contributed by atoms with Crippen LogP contribution in [0, 0.1) is 0 Å². The van der Waals surface area contributed by atoms with Crippen LogP contribution in [0.4, 0.5) is 13.2 Å². The third-order valence-corrected chi connectivity index (χ3v) is 4.41. The monoisotopic (exact) mass is 399 g/mol. The van der Waals surface area contributed by atoms with Crippen molar-refractivity contribution in [2.24, 2.45) is 0 Å². The first-order valence-corrected chi connectivity index (χ1v) is 9.07. The number of nitrogens with one attached hydrogen (secondary N) is 3. The van der Waals surface area contributed by atoms with Gasteiger partial charge in [0.2, 0.25) is 5.88 Å². The number of hydrazine groups is 1. The zero-order valence-corrected chi connectivity index (χ0v) is 16.3. The van der Waals surface area contributed by atoms with Gasteiger partial charge in [0.05, 0.1) is 5.56 Å². The van der Waals surface area contributed by atoms with Crippen molar-refractivity contribution in [2.75, 3.05) is 47.0 Å². The lowest BCUT2D eigenvalue weighted by atomic mass is 10.1. The van der Waals surface area contributed by atoms with Crippen LogP contribution in [0.15, 0.2) is 48.5 Å². The molecule has 0 bridgehead atoms. The molecule has 0 aliphatic carbocycles. The minimum Gasteiger partial charge on any atom is -0.462 e. The van der Waals surface area contributed by atoms with Crippen LogP contribution in [0.25, 0.3) is 0 Å². The highest BCUT2D eigenvalue weighted by molar-refractivity contribution is 5.24. The van der Waals surface area contributed by atoms with Crippen molar-refractivity contribution in [1.82, 2.24) is 26.0 Å². The van der Waals surface area contributed by atoms with Gasteiger partial charge in [-0.05, 0) is 30.8 Å². The maximum atomic E-state index is 12.6. The first-order chi connectivity index (χ1) is 13.3. The molecule has 0 saturated carbocycles. The lowest BCUT2D eigenvalue weighted by molar-refractivity contribution is -0.137. The van der Waals surface area contributed by atoms with Crippen LogP contribution in [0.5, 0.6) is 0 Å². The van der Waals surface area contributed by atoms with Crippen LogP contribution in [0.2, 0.25) is 0 Å². The van der Waals surface area contributed by atoms with Crippen molar-refractivity contribution in [3.63, 3.8) is 0 Å². The molecule has 1 fully saturated rings. The fourth-order valence-electron chi connectivity index (χ4n) is 2.80. The Morgan fingerprint density at radius 3 is 2.36 bits per heavy atom. The molecule has 1 heterocycles. The van der Waals surface area contributed by atoms with E-state index in [1.54, 1.807) is 13.1 Å². The number of rotatable bonds is 9. The molecule has 0 aromatic heterocycles. The van der Waals surface area contributed by atoms with Crippen molar-refractivity contribution < 1.29 is 17.9 Å². The highest BCUT2D eigenvalue weighted by Crippen LogP contribution is 2.29. The number of hydrogen-bond donors (Lipinski definition) is 3. The van der Waals surface area contributed by atoms with Gasteiger partial charge in [-0.3, -0.25) is 5.32 Å². The predicted octanol–water partition coefficient (Wildman–Crippen LogP) is 2.10. The Kier molecular flexibility index (Phi) is 8.16. The Hall–Kier alpha value is -2.23. The molecule has 0 unspecified atom stereocenters. The first kappa shape index (κ1) is 22.1. The molecule has 0 spiro atoms. The van der Waals surface area contributed by atoms with Crippen molar-refractivity contribution in [1.29, 1.82) is 0 Å². The third-order valence-electron chi connectivity index (χ3n) is 4.41. The summed E-state index contributed by atoms with van der Waals surface area (Å²) in [6, 6.07) is 5.09. The molecule has 156 valence electrons. The van der Waals surface area contributed by atoms with Gasteiger partial charge < -0.3 is 20.0 Å². The molecule has 0 amide bonds. The number of ether oxygens (including phenoxy) is 1. The highest BCUT2D eigenvalue weighted by Gasteiger charge is 2.29. The summed E-state index contributed by atoms with van der Waals surface area (Å²) in [5, 5.41) is 3.10. The molecule has 6 nitrogen and oxygen atoms in total. The third kappa shape index (κ3) is 6.43. The Labute approximate surface area is 164 Å². The zero-order valence-electron chi connectivity index (χ0n) is 16.3. The van der Waals surface area contributed by atoms with E-state index in [1.165, 1.54) is 12.1 Å². The molecule has 1 aliphatic rings. The molecule has 28 heavy (non-hydrogen) atoms. The van der Waals surface area contributed by atoms with Gasteiger partial charge in [0, 0.05) is 39.8 Å². The van der Waals surface area contributed by atoms with Crippen LogP contribution >= 0.6 is 0 Å². The van der Waals surface area contributed by atoms with Crippen LogP contribution in [-0.2, 0) is 17.5 Å². The summed E-state index contributed by atoms with van der Waals surface area (Å²) in [4.78, 5) is 4.39. The van der Waals surface area contributed by atoms with E-state index in [0.717, 1.165) is 49.6 Å². The maximum absolute atomic E-state index is 12.6. The number of allylic oxidation sites excluding steroid dienone is 1. The number of likely N-dealkylation sites (N-methyl/N-ethyl adjacent to an activating group) is 1. The summed E-state index contributed by atoms with van der Waals surface area (Å²) in [6.45, 7) is 7.94. The minimum absolute atomic E-state index is 0.214. The Bertz CT molecular complexity index is 653. The predicted molar refractivity (Wildman–Crippen MR) is 103 cm³/mol. The van der Waals surface area contributed by atoms with Gasteiger partial charge in [0.1, 0.15) is 12.4 Å². The van der Waals surface area contributed by atoms with Gasteiger partial charge in [-0.1, -0.05) is 18.7 Å². The van der Waals surface area contributed by atoms with Crippen molar-refractivity contribution in [2.45, 2.75) is 12.7 Å². The van der Waals surface area contributed by atoms with Crippen LogP contribution in [0.3, 0.4) is 0 Å². The Morgan fingerprint density at radius 2 is 1.82 bits per heavy atom. The van der Waals surface area contributed by atoms with E-state index in [4.69, 9.17) is 4.74 Å². The van der Waals surface area contributed by atoms with Crippen LogP contribution in [0.1, 0.15) is 11.1 Å². The second kappa shape index (κ2) is 10.4. The average Bonchev–Trinajstić information content (AvgIpc) is 2.67. The van der Waals surface area contributed by atoms with E-state index >= 15 is 0 Å². The average molecular weight is 399 g/mol. The molecule has 3 N–H and O–H groups in total. The molecular weight excluding hydrogens is 371 g/mol. The van der Waals surface area contributed by atoms with Gasteiger partial charge in [-0.25, -0.2) is 5.43 Å². The van der Waals surface area contributed by atoms with Crippen LogP contribution in [-0.4, -0.2) is 56.8 Å². The number of alkyl halides is 3. The number of piperazine rings is 1. The second-order valence-electron chi connectivity index (χ2n) is 6.50. The van der Waals surface area contributed by atoms with Crippen molar-refractivity contribution >= 4 is 0 Å². The Balaban J connectivity index is 1.93. The Morgan fingerprint density at radius 1 is 1.18 bits per heavy atom. The SMILES string of the molecule is C=C/C(NNC)=C(\OCNCc1ccc(C(F)(F)F)cc1)N1CCN(C)CC1. The fourth-order valence-corrected chi connectivity index (χ4v) is 2.80. The molecule has 1 saturated heterocycles. The van der Waals surface area contributed by atoms with E-state index in [9.17, 15) is 13.2 Å². The summed E-state index contributed by atoms with van der Waals surface area (Å²) < 4.78 is 43.8. The number of nitrogens with zero attached hydrogens (tertiary/aromatic N) is 2. The summed E-state index contributed by atoms with van der Waals surface area (Å²) in [5.74, 6) is 0.678. The van der Waals surface area contributed by atoms with Gasteiger partial charge in [0.25, 0.3) is 0 Å². The second-order valence-corrected chi connectivity index (χ2v) is 6.50. The van der Waals surface area contributed by atoms with Gasteiger partial charge >= 0.3 is 6.18 Å². The minimum atomic E-state index is -4.32. The fraction of sp³-hybridized carbons (Fsp3) is 0.474. The molecule has 2 rings (SSSR count). The summed E-state index contributed by atoms with van der Waals surface area (Å²) in [6.07, 6.45) is -2.64. The van der Waals surface area contributed by atoms with Gasteiger partial charge in [0.15, 0.2) is 0 Å². The summed E-state index contributed by atoms with van der Waals surface area (Å²) in [7, 11) is 3.83. The summed E-state index contributed by atoms with van der Waals surface area (Å²) in [5.41, 5.74) is 6.71. The highest BCUT2D eigenvalue weighted by atomic mass is 19.4. The van der Waals surface area contributed by atoms with Gasteiger partial charge in [-0.2, -0.15) is 13.2 Å². The molecule has 1 aromatic rings. The molecule has 0 atom stereocenters. The topological polar surface area (TPSA) is 51.8 Å². The standard InChI is InChI=1S/C19H28F3N5O/c1-4-17(25-23-2)18(27-11-9-26(3)10-12-27)28-14-24-13-15-5-7-16(8-6-15)19(20,21)22/h4-8,23-25H,1,9-14H2,2-3H3/b18-17+. The largest absolute Gasteiger partial charge is 0.462 e. The van der Waals surface area contributed by atoms with E-state index in [0.29, 0.717) is 12.4 Å². The normalized spacial score (nSPS) is 16.5. The van der Waals surface area contributed by atoms with E-state index in [-0.39, 0.29) is 6.73 Å². The lowest BCUT2D eigenvalue weighted by Crippen LogP contribution is -2.46. The summed E-state index contributed by atoms with van der Waals surface area (Å²) >= 11 is 0. The molecule has 1 aliphatic heterocycles. The van der Waals surface area contributed by atoms with E-state index in [2.05, 4.69) is 39.6 Å². The number of benzene rings is 1. The maximum Gasteiger partial charge on any atom is 0.416 e. The molecule has 0 radical (unpaired) electrons.